The second-order valence-corrected chi connectivity index (χ2v) is 9.17. The van der Waals surface area contributed by atoms with Crippen molar-refractivity contribution in [2.24, 2.45) is 13.0 Å². The third-order valence-corrected chi connectivity index (χ3v) is 7.33. The first-order valence-corrected chi connectivity index (χ1v) is 11.3. The molecular formula is C22H29N9. The molecule has 0 radical (unpaired) electrons. The second kappa shape index (κ2) is 7.72. The van der Waals surface area contributed by atoms with E-state index >= 15 is 0 Å². The highest BCUT2D eigenvalue weighted by molar-refractivity contribution is 5.41. The molecule has 5 heterocycles. The largest absolute Gasteiger partial charge is 0.354 e. The van der Waals surface area contributed by atoms with E-state index < -0.39 is 0 Å². The van der Waals surface area contributed by atoms with Crippen LogP contribution in [-0.4, -0.2) is 48.7 Å². The van der Waals surface area contributed by atoms with Crippen LogP contribution < -0.4 is 15.8 Å². The molecule has 3 fully saturated rings. The third-order valence-electron chi connectivity index (χ3n) is 7.33. The van der Waals surface area contributed by atoms with Crippen LogP contribution in [0.5, 0.6) is 0 Å². The SMILES string of the molecule is Cn1cc(C2CCC3NNC(c4cc(N5CCC(n6cccn6)C5)ncn4)C3C2)cn1. The quantitative estimate of drug-likeness (QED) is 0.668. The number of fused-ring (bicyclic) bond motifs is 1. The topological polar surface area (TPSA) is 88.7 Å². The van der Waals surface area contributed by atoms with E-state index in [0.29, 0.717) is 23.9 Å². The molecule has 2 aliphatic heterocycles. The minimum atomic E-state index is 0.204. The maximum atomic E-state index is 4.68. The van der Waals surface area contributed by atoms with Gasteiger partial charge in [0.1, 0.15) is 12.1 Å². The van der Waals surface area contributed by atoms with Gasteiger partial charge < -0.3 is 4.90 Å². The summed E-state index contributed by atoms with van der Waals surface area (Å²) in [5.74, 6) is 2.09. The van der Waals surface area contributed by atoms with E-state index in [-0.39, 0.29) is 6.04 Å². The van der Waals surface area contributed by atoms with Gasteiger partial charge in [0.25, 0.3) is 0 Å². The lowest BCUT2D eigenvalue weighted by molar-refractivity contribution is 0.276. The smallest absolute Gasteiger partial charge is 0.132 e. The van der Waals surface area contributed by atoms with Gasteiger partial charge in [-0.05, 0) is 49.1 Å². The van der Waals surface area contributed by atoms with E-state index in [9.17, 15) is 0 Å². The Morgan fingerprint density at radius 3 is 2.90 bits per heavy atom. The summed E-state index contributed by atoms with van der Waals surface area (Å²) in [5, 5.41) is 8.81. The minimum Gasteiger partial charge on any atom is -0.354 e. The Labute approximate surface area is 181 Å². The molecule has 2 N–H and O–H groups in total. The van der Waals surface area contributed by atoms with Crippen LogP contribution in [0, 0.1) is 5.92 Å². The van der Waals surface area contributed by atoms with Gasteiger partial charge in [0.15, 0.2) is 0 Å². The Bertz CT molecular complexity index is 1030. The van der Waals surface area contributed by atoms with Crippen molar-refractivity contribution in [2.75, 3.05) is 18.0 Å². The number of hydrazine groups is 1. The zero-order valence-corrected chi connectivity index (χ0v) is 17.8. The zero-order valence-electron chi connectivity index (χ0n) is 17.8. The predicted molar refractivity (Wildman–Crippen MR) is 116 cm³/mol. The van der Waals surface area contributed by atoms with Gasteiger partial charge in [0.05, 0.1) is 24.0 Å². The molecule has 1 saturated carbocycles. The molecule has 9 nitrogen and oxygen atoms in total. The molecule has 6 rings (SSSR count). The molecule has 3 aliphatic rings. The Kier molecular flexibility index (Phi) is 4.72. The first-order chi connectivity index (χ1) is 15.2. The van der Waals surface area contributed by atoms with Crippen molar-refractivity contribution in [1.82, 2.24) is 40.4 Å². The summed E-state index contributed by atoms with van der Waals surface area (Å²) in [5.41, 5.74) is 9.53. The highest BCUT2D eigenvalue weighted by Gasteiger charge is 2.42. The molecule has 1 aliphatic carbocycles. The third kappa shape index (κ3) is 3.51. The summed E-state index contributed by atoms with van der Waals surface area (Å²) in [6, 6.07) is 5.27. The van der Waals surface area contributed by atoms with Gasteiger partial charge in [-0.3, -0.25) is 14.8 Å². The van der Waals surface area contributed by atoms with E-state index in [1.54, 1.807) is 6.33 Å². The average Bonchev–Trinajstić information content (AvgIpc) is 3.60. The van der Waals surface area contributed by atoms with Crippen molar-refractivity contribution in [2.45, 2.75) is 49.7 Å². The van der Waals surface area contributed by atoms with Gasteiger partial charge in [0.2, 0.25) is 0 Å². The van der Waals surface area contributed by atoms with E-state index in [1.807, 2.05) is 30.2 Å². The number of rotatable bonds is 4. The first-order valence-electron chi connectivity index (χ1n) is 11.3. The molecule has 9 heteroatoms. The molecule has 0 amide bonds. The van der Waals surface area contributed by atoms with E-state index in [4.69, 9.17) is 0 Å². The fourth-order valence-electron chi connectivity index (χ4n) is 5.67. The molecular weight excluding hydrogens is 390 g/mol. The highest BCUT2D eigenvalue weighted by Crippen LogP contribution is 2.43. The highest BCUT2D eigenvalue weighted by atomic mass is 15.4. The van der Waals surface area contributed by atoms with E-state index in [1.165, 1.54) is 18.4 Å². The number of anilines is 1. The summed E-state index contributed by atoms with van der Waals surface area (Å²) < 4.78 is 3.98. The number of hydrogen-bond acceptors (Lipinski definition) is 7. The normalized spacial score (nSPS) is 30.6. The van der Waals surface area contributed by atoms with Crippen LogP contribution in [0.15, 0.2) is 43.2 Å². The van der Waals surface area contributed by atoms with Crippen LogP contribution in [-0.2, 0) is 7.05 Å². The number of hydrogen-bond donors (Lipinski definition) is 2. The molecule has 3 aromatic rings. The molecule has 2 saturated heterocycles. The Morgan fingerprint density at radius 1 is 1.10 bits per heavy atom. The van der Waals surface area contributed by atoms with Crippen molar-refractivity contribution >= 4 is 5.82 Å². The lowest BCUT2D eigenvalue weighted by Crippen LogP contribution is -2.34. The Hall–Kier alpha value is -2.78. The van der Waals surface area contributed by atoms with E-state index in [0.717, 1.165) is 37.4 Å². The molecule has 0 spiro atoms. The maximum absolute atomic E-state index is 4.68. The summed E-state index contributed by atoms with van der Waals surface area (Å²) in [6.07, 6.45) is 14.4. The summed E-state index contributed by atoms with van der Waals surface area (Å²) in [7, 11) is 1.99. The molecule has 3 aromatic heterocycles. The van der Waals surface area contributed by atoms with Crippen molar-refractivity contribution in [1.29, 1.82) is 0 Å². The lowest BCUT2D eigenvalue weighted by atomic mass is 9.73. The Morgan fingerprint density at radius 2 is 2.06 bits per heavy atom. The first kappa shape index (κ1) is 18.9. The number of nitrogens with one attached hydrogen (secondary N) is 2. The van der Waals surface area contributed by atoms with Crippen molar-refractivity contribution in [3.63, 3.8) is 0 Å². The summed E-state index contributed by atoms with van der Waals surface area (Å²) >= 11 is 0. The van der Waals surface area contributed by atoms with Crippen LogP contribution in [0.25, 0.3) is 0 Å². The molecule has 0 bridgehead atoms. The number of aryl methyl sites for hydroxylation is 1. The van der Waals surface area contributed by atoms with Gasteiger partial charge in [0, 0.05) is 50.8 Å². The maximum Gasteiger partial charge on any atom is 0.132 e. The predicted octanol–water partition coefficient (Wildman–Crippen LogP) is 1.96. The minimum absolute atomic E-state index is 0.204. The second-order valence-electron chi connectivity index (χ2n) is 9.17. The van der Waals surface area contributed by atoms with Crippen molar-refractivity contribution in [3.05, 3.63) is 54.5 Å². The summed E-state index contributed by atoms with van der Waals surface area (Å²) in [6.45, 7) is 1.93. The van der Waals surface area contributed by atoms with Gasteiger partial charge in [-0.2, -0.15) is 10.2 Å². The van der Waals surface area contributed by atoms with Crippen molar-refractivity contribution < 1.29 is 0 Å². The molecule has 5 atom stereocenters. The van der Waals surface area contributed by atoms with Crippen LogP contribution in [0.2, 0.25) is 0 Å². The van der Waals surface area contributed by atoms with Crippen LogP contribution in [0.3, 0.4) is 0 Å². The molecule has 162 valence electrons. The lowest BCUT2D eigenvalue weighted by Gasteiger charge is -2.32. The zero-order chi connectivity index (χ0) is 20.8. The monoisotopic (exact) mass is 419 g/mol. The molecule has 0 aromatic carbocycles. The molecule has 5 unspecified atom stereocenters. The average molecular weight is 420 g/mol. The van der Waals surface area contributed by atoms with Crippen LogP contribution >= 0.6 is 0 Å². The van der Waals surface area contributed by atoms with E-state index in [2.05, 4.69) is 59.1 Å². The fourth-order valence-corrected chi connectivity index (χ4v) is 5.67. The summed E-state index contributed by atoms with van der Waals surface area (Å²) in [4.78, 5) is 11.6. The van der Waals surface area contributed by atoms with Crippen LogP contribution in [0.4, 0.5) is 5.82 Å². The van der Waals surface area contributed by atoms with Gasteiger partial charge >= 0.3 is 0 Å². The fraction of sp³-hybridized carbons (Fsp3) is 0.545. The number of aromatic nitrogens is 6. The van der Waals surface area contributed by atoms with Crippen molar-refractivity contribution in [3.8, 4) is 0 Å². The van der Waals surface area contributed by atoms with Crippen LogP contribution in [0.1, 0.15) is 54.9 Å². The molecule has 31 heavy (non-hydrogen) atoms. The van der Waals surface area contributed by atoms with Gasteiger partial charge in [-0.15, -0.1) is 0 Å². The standard InChI is InChI=1S/C22H29N9/c1-29-12-16(11-26-29)15-3-4-19-18(9-15)22(28-27-19)20-10-21(24-14-23-20)30-8-5-17(13-30)31-7-2-6-25-31/h2,6-7,10-12,14-15,17-19,22,27-28H,3-5,8-9,13H2,1H3. The van der Waals surface area contributed by atoms with Gasteiger partial charge in [-0.1, -0.05) is 0 Å². The number of nitrogens with zero attached hydrogens (tertiary/aromatic N) is 7. The Balaban J connectivity index is 1.19. The van der Waals surface area contributed by atoms with Gasteiger partial charge in [-0.25, -0.2) is 15.4 Å².